The lowest BCUT2D eigenvalue weighted by Crippen LogP contribution is -2.36. The van der Waals surface area contributed by atoms with E-state index in [0.29, 0.717) is 0 Å². The van der Waals surface area contributed by atoms with Gasteiger partial charge in [-0.3, -0.25) is 4.79 Å². The minimum atomic E-state index is -3.83. The van der Waals surface area contributed by atoms with Gasteiger partial charge in [0.05, 0.1) is 0 Å². The van der Waals surface area contributed by atoms with Crippen LogP contribution in [0, 0.1) is 0 Å². The lowest BCUT2D eigenvalue weighted by atomic mass is 10.3. The molecule has 0 bridgehead atoms. The SMILES string of the molecule is O=C1CC(NS(=O)(=O)c2cc(C(=O)O)n(C3CC3)c2)CN1. The zero-order valence-electron chi connectivity index (χ0n) is 11.1. The molecule has 1 amide bonds. The van der Waals surface area contributed by atoms with Gasteiger partial charge < -0.3 is 15.0 Å². The molecule has 9 heteroatoms. The second kappa shape index (κ2) is 4.85. The molecular formula is C12H15N3O5S. The Labute approximate surface area is 121 Å². The Morgan fingerprint density at radius 1 is 1.43 bits per heavy atom. The van der Waals surface area contributed by atoms with Crippen LogP contribution in [0.25, 0.3) is 0 Å². The van der Waals surface area contributed by atoms with Gasteiger partial charge in [0.25, 0.3) is 0 Å². The molecular weight excluding hydrogens is 298 g/mol. The molecule has 114 valence electrons. The lowest BCUT2D eigenvalue weighted by Gasteiger charge is -2.09. The average Bonchev–Trinajstić information content (AvgIpc) is 2.99. The summed E-state index contributed by atoms with van der Waals surface area (Å²) < 4.78 is 28.5. The molecule has 0 radical (unpaired) electrons. The van der Waals surface area contributed by atoms with Crippen LogP contribution in [-0.2, 0) is 14.8 Å². The van der Waals surface area contributed by atoms with E-state index in [4.69, 9.17) is 5.11 Å². The van der Waals surface area contributed by atoms with Crippen LogP contribution < -0.4 is 10.0 Å². The van der Waals surface area contributed by atoms with Crippen LogP contribution in [0.4, 0.5) is 0 Å². The fourth-order valence-corrected chi connectivity index (χ4v) is 3.66. The van der Waals surface area contributed by atoms with Gasteiger partial charge in [0.1, 0.15) is 10.6 Å². The van der Waals surface area contributed by atoms with Gasteiger partial charge >= 0.3 is 5.97 Å². The number of carboxylic acid groups (broad SMARTS) is 1. The number of hydrogen-bond donors (Lipinski definition) is 3. The predicted molar refractivity (Wildman–Crippen MR) is 71.4 cm³/mol. The zero-order chi connectivity index (χ0) is 15.2. The number of aromatic nitrogens is 1. The van der Waals surface area contributed by atoms with Gasteiger partial charge in [-0.1, -0.05) is 0 Å². The number of rotatable bonds is 5. The lowest BCUT2D eigenvalue weighted by molar-refractivity contribution is -0.119. The van der Waals surface area contributed by atoms with Gasteiger partial charge in [-0.25, -0.2) is 17.9 Å². The van der Waals surface area contributed by atoms with Crippen LogP contribution in [0.1, 0.15) is 35.8 Å². The van der Waals surface area contributed by atoms with Crippen molar-refractivity contribution in [1.29, 1.82) is 0 Å². The summed E-state index contributed by atoms with van der Waals surface area (Å²) >= 11 is 0. The fourth-order valence-electron chi connectivity index (χ4n) is 2.40. The molecule has 1 aliphatic carbocycles. The third-order valence-corrected chi connectivity index (χ3v) is 5.08. The van der Waals surface area contributed by atoms with Crippen LogP contribution >= 0.6 is 0 Å². The number of nitrogens with zero attached hydrogens (tertiary/aromatic N) is 1. The zero-order valence-corrected chi connectivity index (χ0v) is 11.9. The van der Waals surface area contributed by atoms with Crippen molar-refractivity contribution in [1.82, 2.24) is 14.6 Å². The highest BCUT2D eigenvalue weighted by atomic mass is 32.2. The van der Waals surface area contributed by atoms with E-state index >= 15 is 0 Å². The van der Waals surface area contributed by atoms with Crippen molar-refractivity contribution < 1.29 is 23.1 Å². The normalized spacial score (nSPS) is 22.3. The molecule has 1 atom stereocenters. The Kier molecular flexibility index (Phi) is 3.25. The standard InChI is InChI=1S/C12H15N3O5S/c16-11-3-7(5-13-11)14-21(19,20)9-4-10(12(17)18)15(6-9)8-1-2-8/h4,6-8,14H,1-3,5H2,(H,13,16)(H,17,18). The number of hydrogen-bond acceptors (Lipinski definition) is 4. The van der Waals surface area contributed by atoms with Crippen molar-refractivity contribution in [2.24, 2.45) is 0 Å². The number of sulfonamides is 1. The number of carbonyl (C=O) groups is 2. The van der Waals surface area contributed by atoms with E-state index in [9.17, 15) is 18.0 Å². The van der Waals surface area contributed by atoms with Gasteiger partial charge in [-0.15, -0.1) is 0 Å². The maximum Gasteiger partial charge on any atom is 0.352 e. The molecule has 1 saturated heterocycles. The molecule has 3 rings (SSSR count). The molecule has 21 heavy (non-hydrogen) atoms. The summed E-state index contributed by atoms with van der Waals surface area (Å²) in [6, 6.07) is 0.725. The predicted octanol–water partition coefficient (Wildman–Crippen LogP) is -0.312. The van der Waals surface area contributed by atoms with Crippen molar-refractivity contribution in [2.75, 3.05) is 6.54 Å². The van der Waals surface area contributed by atoms with Crippen molar-refractivity contribution in [2.45, 2.75) is 36.2 Å². The minimum Gasteiger partial charge on any atom is -0.477 e. The molecule has 2 aliphatic rings. The van der Waals surface area contributed by atoms with Crippen LogP contribution in [0.15, 0.2) is 17.2 Å². The molecule has 3 N–H and O–H groups in total. The molecule has 1 aromatic rings. The monoisotopic (exact) mass is 313 g/mol. The first-order valence-corrected chi connectivity index (χ1v) is 8.09. The molecule has 1 unspecified atom stereocenters. The van der Waals surface area contributed by atoms with Gasteiger partial charge in [0.15, 0.2) is 0 Å². The topological polar surface area (TPSA) is 118 Å². The second-order valence-electron chi connectivity index (χ2n) is 5.33. The molecule has 2 fully saturated rings. The summed E-state index contributed by atoms with van der Waals surface area (Å²) in [5.74, 6) is -1.36. The minimum absolute atomic E-state index is 0.0292. The Morgan fingerprint density at radius 2 is 2.14 bits per heavy atom. The van der Waals surface area contributed by atoms with E-state index in [1.165, 1.54) is 10.8 Å². The van der Waals surface area contributed by atoms with E-state index in [1.54, 1.807) is 0 Å². The largest absolute Gasteiger partial charge is 0.477 e. The van der Waals surface area contributed by atoms with E-state index in [2.05, 4.69) is 10.0 Å². The van der Waals surface area contributed by atoms with E-state index < -0.39 is 22.0 Å². The highest BCUT2D eigenvalue weighted by Crippen LogP contribution is 2.37. The Morgan fingerprint density at radius 3 is 2.67 bits per heavy atom. The van der Waals surface area contributed by atoms with Gasteiger partial charge in [-0.2, -0.15) is 0 Å². The number of carbonyl (C=O) groups excluding carboxylic acids is 1. The Bertz CT molecular complexity index is 704. The van der Waals surface area contributed by atoms with Crippen molar-refractivity contribution >= 4 is 21.9 Å². The first-order chi connectivity index (χ1) is 9.87. The van der Waals surface area contributed by atoms with Crippen LogP contribution in [-0.4, -0.2) is 42.6 Å². The number of aromatic carboxylic acids is 1. The average molecular weight is 313 g/mol. The smallest absolute Gasteiger partial charge is 0.352 e. The Hall–Kier alpha value is -1.87. The van der Waals surface area contributed by atoms with Crippen molar-refractivity contribution in [3.05, 3.63) is 18.0 Å². The second-order valence-corrected chi connectivity index (χ2v) is 7.05. The molecule has 0 spiro atoms. The molecule has 8 nitrogen and oxygen atoms in total. The highest BCUT2D eigenvalue weighted by molar-refractivity contribution is 7.89. The Balaban J connectivity index is 1.86. The van der Waals surface area contributed by atoms with Crippen LogP contribution in [0.3, 0.4) is 0 Å². The molecule has 1 saturated carbocycles. The summed E-state index contributed by atoms with van der Waals surface area (Å²) in [4.78, 5) is 22.2. The number of nitrogens with one attached hydrogen (secondary N) is 2. The summed E-state index contributed by atoms with van der Waals surface area (Å²) in [6.07, 6.45) is 3.15. The van der Waals surface area contributed by atoms with Gasteiger partial charge in [-0.05, 0) is 18.9 Å². The molecule has 0 aromatic carbocycles. The van der Waals surface area contributed by atoms with Gasteiger partial charge in [0, 0.05) is 31.2 Å². The molecule has 1 aromatic heterocycles. The highest BCUT2D eigenvalue weighted by Gasteiger charge is 2.32. The fraction of sp³-hybridized carbons (Fsp3) is 0.500. The van der Waals surface area contributed by atoms with Crippen LogP contribution in [0.2, 0.25) is 0 Å². The van der Waals surface area contributed by atoms with Gasteiger partial charge in [0.2, 0.25) is 15.9 Å². The number of amides is 1. The summed E-state index contributed by atoms with van der Waals surface area (Å²) in [7, 11) is -3.83. The first kappa shape index (κ1) is 14.1. The van der Waals surface area contributed by atoms with Crippen LogP contribution in [0.5, 0.6) is 0 Å². The van der Waals surface area contributed by atoms with E-state index in [0.717, 1.165) is 18.9 Å². The van der Waals surface area contributed by atoms with E-state index in [-0.39, 0.29) is 35.5 Å². The van der Waals surface area contributed by atoms with Crippen molar-refractivity contribution in [3.8, 4) is 0 Å². The maximum absolute atomic E-state index is 12.3. The molecule has 1 aliphatic heterocycles. The first-order valence-electron chi connectivity index (χ1n) is 6.61. The quantitative estimate of drug-likeness (QED) is 0.689. The third kappa shape index (κ3) is 2.79. The van der Waals surface area contributed by atoms with E-state index in [1.807, 2.05) is 0 Å². The number of carboxylic acids is 1. The summed E-state index contributed by atoms with van der Waals surface area (Å²) in [6.45, 7) is 0.243. The summed E-state index contributed by atoms with van der Waals surface area (Å²) in [5, 5.41) is 11.7. The van der Waals surface area contributed by atoms with Crippen molar-refractivity contribution in [3.63, 3.8) is 0 Å². The molecule has 2 heterocycles. The maximum atomic E-state index is 12.3. The third-order valence-electron chi connectivity index (χ3n) is 3.59. The summed E-state index contributed by atoms with van der Waals surface area (Å²) in [5.41, 5.74) is -0.0292.